The molecule has 0 aromatic rings. The first-order valence-electron chi connectivity index (χ1n) is 4.21. The molecule has 0 radical (unpaired) electrons. The van der Waals surface area contributed by atoms with Crippen molar-refractivity contribution in [3.8, 4) is 0 Å². The highest BCUT2D eigenvalue weighted by molar-refractivity contribution is 5.17. The second-order valence-corrected chi connectivity index (χ2v) is 3.22. The zero-order valence-electron chi connectivity index (χ0n) is 7.05. The lowest BCUT2D eigenvalue weighted by Crippen LogP contribution is -1.97. The third-order valence-electron chi connectivity index (χ3n) is 2.56. The van der Waals surface area contributed by atoms with Crippen LogP contribution in [0.15, 0.2) is 37.5 Å². The summed E-state index contributed by atoms with van der Waals surface area (Å²) in [5.74, 6) is 1.25. The van der Waals surface area contributed by atoms with Gasteiger partial charge in [0.1, 0.15) is 0 Å². The smallest absolute Gasteiger partial charge is 0.00256 e. The third kappa shape index (κ3) is 1.62. The summed E-state index contributed by atoms with van der Waals surface area (Å²) in [7, 11) is 0. The fourth-order valence-electron chi connectivity index (χ4n) is 1.79. The predicted octanol–water partition coefficient (Wildman–Crippen LogP) is 3.33. The third-order valence-corrected chi connectivity index (χ3v) is 2.56. The van der Waals surface area contributed by atoms with Crippen LogP contribution >= 0.6 is 0 Å². The minimum Gasteiger partial charge on any atom is -0.103 e. The van der Waals surface area contributed by atoms with Crippen LogP contribution in [0.2, 0.25) is 0 Å². The van der Waals surface area contributed by atoms with E-state index < -0.39 is 0 Å². The van der Waals surface area contributed by atoms with Gasteiger partial charge in [-0.25, -0.2) is 0 Å². The molecule has 0 heteroatoms. The van der Waals surface area contributed by atoms with Crippen LogP contribution in [0.5, 0.6) is 0 Å². The van der Waals surface area contributed by atoms with Gasteiger partial charge in [-0.05, 0) is 31.1 Å². The maximum Gasteiger partial charge on any atom is -0.00256 e. The van der Waals surface area contributed by atoms with E-state index in [1.54, 1.807) is 0 Å². The largest absolute Gasteiger partial charge is 0.103 e. The van der Waals surface area contributed by atoms with Gasteiger partial charge in [-0.1, -0.05) is 24.3 Å². The summed E-state index contributed by atoms with van der Waals surface area (Å²) in [5.41, 5.74) is 1.36. The second kappa shape index (κ2) is 3.56. The van der Waals surface area contributed by atoms with Gasteiger partial charge in [-0.3, -0.25) is 0 Å². The van der Waals surface area contributed by atoms with Crippen molar-refractivity contribution in [3.05, 3.63) is 37.5 Å². The van der Waals surface area contributed by atoms with E-state index in [1.165, 1.54) is 18.4 Å². The Morgan fingerprint density at radius 2 is 2.09 bits per heavy atom. The van der Waals surface area contributed by atoms with Gasteiger partial charge in [-0.2, -0.15) is 0 Å². The summed E-state index contributed by atoms with van der Waals surface area (Å²) in [5, 5.41) is 0. The van der Waals surface area contributed by atoms with Gasteiger partial charge in [0.05, 0.1) is 0 Å². The maximum absolute atomic E-state index is 4.09. The predicted molar refractivity (Wildman–Crippen MR) is 50.4 cm³/mol. The van der Waals surface area contributed by atoms with Gasteiger partial charge in [0.2, 0.25) is 0 Å². The van der Waals surface area contributed by atoms with Crippen molar-refractivity contribution in [1.82, 2.24) is 0 Å². The molecule has 11 heavy (non-hydrogen) atoms. The highest BCUT2D eigenvalue weighted by Crippen LogP contribution is 2.37. The Morgan fingerprint density at radius 1 is 1.36 bits per heavy atom. The Bertz CT molecular complexity index is 176. The molecule has 0 saturated heterocycles. The average Bonchev–Trinajstić information content (AvgIpc) is 2.34. The van der Waals surface area contributed by atoms with Crippen LogP contribution < -0.4 is 0 Å². The molecule has 0 amide bonds. The van der Waals surface area contributed by atoms with E-state index >= 15 is 0 Å². The molecule has 1 aliphatic rings. The summed E-state index contributed by atoms with van der Waals surface area (Å²) in [6, 6.07) is 0. The van der Waals surface area contributed by atoms with E-state index in [0.717, 1.165) is 6.42 Å². The Kier molecular flexibility index (Phi) is 2.70. The standard InChI is InChI=1S/C11H16/c1-4-6-11-8-7-10(5-2)9(11)3/h4-5,10-11H,1-3,6-8H2/t10-,11+/m0/s1. The molecule has 0 heterocycles. The average molecular weight is 148 g/mol. The molecule has 0 unspecified atom stereocenters. The fourth-order valence-corrected chi connectivity index (χ4v) is 1.79. The SMILES string of the molecule is C=CC[C@@H]1CC[C@H](C=C)C1=C. The van der Waals surface area contributed by atoms with Crippen molar-refractivity contribution in [3.63, 3.8) is 0 Å². The van der Waals surface area contributed by atoms with Crippen molar-refractivity contribution in [2.24, 2.45) is 11.8 Å². The second-order valence-electron chi connectivity index (χ2n) is 3.22. The molecule has 1 rings (SSSR count). The molecule has 0 N–H and O–H groups in total. The number of hydrogen-bond acceptors (Lipinski definition) is 0. The molecule has 0 bridgehead atoms. The molecular weight excluding hydrogens is 132 g/mol. The fraction of sp³-hybridized carbons (Fsp3) is 0.455. The molecule has 0 spiro atoms. The number of allylic oxidation sites excluding steroid dienone is 3. The first kappa shape index (κ1) is 8.32. The van der Waals surface area contributed by atoms with Crippen LogP contribution in [0.25, 0.3) is 0 Å². The molecule has 0 aromatic carbocycles. The summed E-state index contributed by atoms with van der Waals surface area (Å²) in [6.45, 7) is 11.6. The Balaban J connectivity index is 2.55. The highest BCUT2D eigenvalue weighted by Gasteiger charge is 2.25. The maximum atomic E-state index is 4.09. The molecule has 60 valence electrons. The van der Waals surface area contributed by atoms with Gasteiger partial charge in [-0.15, -0.1) is 13.2 Å². The van der Waals surface area contributed by atoms with Crippen LogP contribution in [0, 0.1) is 11.8 Å². The Hall–Kier alpha value is -0.780. The molecule has 1 fully saturated rings. The summed E-state index contributed by atoms with van der Waals surface area (Å²) >= 11 is 0. The number of hydrogen-bond donors (Lipinski definition) is 0. The topological polar surface area (TPSA) is 0 Å². The summed E-state index contributed by atoms with van der Waals surface area (Å²) < 4.78 is 0. The molecule has 0 aliphatic heterocycles. The lowest BCUT2D eigenvalue weighted by Gasteiger charge is -2.09. The monoisotopic (exact) mass is 148 g/mol. The minimum atomic E-state index is 0.569. The molecule has 1 saturated carbocycles. The normalized spacial score (nSPS) is 30.4. The van der Waals surface area contributed by atoms with E-state index in [9.17, 15) is 0 Å². The van der Waals surface area contributed by atoms with Crippen molar-refractivity contribution in [2.45, 2.75) is 19.3 Å². The van der Waals surface area contributed by atoms with Crippen LogP contribution in [0.4, 0.5) is 0 Å². The van der Waals surface area contributed by atoms with Gasteiger partial charge in [0, 0.05) is 0 Å². The van der Waals surface area contributed by atoms with Gasteiger partial charge < -0.3 is 0 Å². The van der Waals surface area contributed by atoms with E-state index in [0.29, 0.717) is 11.8 Å². The van der Waals surface area contributed by atoms with Gasteiger partial charge in [0.15, 0.2) is 0 Å². The summed E-state index contributed by atoms with van der Waals surface area (Å²) in [4.78, 5) is 0. The van der Waals surface area contributed by atoms with E-state index in [-0.39, 0.29) is 0 Å². The molecule has 0 nitrogen and oxygen atoms in total. The molecule has 0 aromatic heterocycles. The zero-order chi connectivity index (χ0) is 8.27. The quantitative estimate of drug-likeness (QED) is 0.538. The highest BCUT2D eigenvalue weighted by atomic mass is 14.3. The van der Waals surface area contributed by atoms with Crippen molar-refractivity contribution >= 4 is 0 Å². The molecule has 2 atom stereocenters. The van der Waals surface area contributed by atoms with Crippen molar-refractivity contribution in [1.29, 1.82) is 0 Å². The number of rotatable bonds is 3. The Labute approximate surface area is 69.3 Å². The van der Waals surface area contributed by atoms with Crippen LogP contribution in [0.3, 0.4) is 0 Å². The van der Waals surface area contributed by atoms with Gasteiger partial charge in [0.25, 0.3) is 0 Å². The Morgan fingerprint density at radius 3 is 2.55 bits per heavy atom. The van der Waals surface area contributed by atoms with E-state index in [1.807, 2.05) is 12.2 Å². The lowest BCUT2D eigenvalue weighted by atomic mass is 9.96. The van der Waals surface area contributed by atoms with E-state index in [4.69, 9.17) is 0 Å². The van der Waals surface area contributed by atoms with E-state index in [2.05, 4.69) is 19.7 Å². The summed E-state index contributed by atoms with van der Waals surface area (Å²) in [6.07, 6.45) is 7.60. The molecular formula is C11H16. The first-order chi connectivity index (χ1) is 5.29. The van der Waals surface area contributed by atoms with Crippen LogP contribution in [-0.4, -0.2) is 0 Å². The van der Waals surface area contributed by atoms with Gasteiger partial charge >= 0.3 is 0 Å². The molecule has 1 aliphatic carbocycles. The minimum absolute atomic E-state index is 0.569. The van der Waals surface area contributed by atoms with Crippen LogP contribution in [-0.2, 0) is 0 Å². The first-order valence-corrected chi connectivity index (χ1v) is 4.21. The van der Waals surface area contributed by atoms with Crippen molar-refractivity contribution in [2.75, 3.05) is 0 Å². The van der Waals surface area contributed by atoms with Crippen LogP contribution in [0.1, 0.15) is 19.3 Å². The lowest BCUT2D eigenvalue weighted by molar-refractivity contribution is 0.639. The van der Waals surface area contributed by atoms with Crippen molar-refractivity contribution < 1.29 is 0 Å². The zero-order valence-corrected chi connectivity index (χ0v) is 7.05.